The molecular weight excluding hydrogens is 442 g/mol. The minimum absolute atomic E-state index is 0.0976. The molecule has 10 heteroatoms. The van der Waals surface area contributed by atoms with Crippen molar-refractivity contribution < 1.29 is 31.9 Å². The number of hydrogen-bond donors (Lipinski definition) is 2. The Bertz CT molecular complexity index is 1260. The van der Waals surface area contributed by atoms with E-state index in [-0.39, 0.29) is 34.0 Å². The molecule has 0 atom stereocenters. The number of alkyl halides is 3. The second kappa shape index (κ2) is 8.89. The molecule has 0 radical (unpaired) electrons. The van der Waals surface area contributed by atoms with Gasteiger partial charge in [0, 0.05) is 11.9 Å². The minimum atomic E-state index is -4.71. The Morgan fingerprint density at radius 1 is 0.970 bits per heavy atom. The fourth-order valence-electron chi connectivity index (χ4n) is 3.19. The molecular formula is C23H19F4N3O3. The van der Waals surface area contributed by atoms with Crippen molar-refractivity contribution in [3.63, 3.8) is 0 Å². The number of benzene rings is 2. The number of aromatic nitrogens is 1. The van der Waals surface area contributed by atoms with Crippen molar-refractivity contribution in [2.24, 2.45) is 5.73 Å². The molecule has 0 unspecified atom stereocenters. The lowest BCUT2D eigenvalue weighted by Gasteiger charge is -2.19. The van der Waals surface area contributed by atoms with Crippen LogP contribution >= 0.6 is 0 Å². The third kappa shape index (κ3) is 4.94. The fraction of sp³-hybridized carbons (Fsp3) is 0.174. The monoisotopic (exact) mass is 461 g/mol. The lowest BCUT2D eigenvalue weighted by atomic mass is 9.99. The van der Waals surface area contributed by atoms with Crippen molar-refractivity contribution in [1.29, 1.82) is 0 Å². The van der Waals surface area contributed by atoms with Gasteiger partial charge in [0.1, 0.15) is 23.0 Å². The zero-order valence-electron chi connectivity index (χ0n) is 17.8. The van der Waals surface area contributed by atoms with Gasteiger partial charge in [-0.1, -0.05) is 0 Å². The number of pyridine rings is 1. The van der Waals surface area contributed by atoms with E-state index in [1.165, 1.54) is 31.3 Å². The van der Waals surface area contributed by atoms with E-state index in [4.69, 9.17) is 10.5 Å². The summed E-state index contributed by atoms with van der Waals surface area (Å²) in [5, 5.41) is 2.44. The number of anilines is 1. The Balaban J connectivity index is 2.09. The summed E-state index contributed by atoms with van der Waals surface area (Å²) >= 11 is 0. The summed E-state index contributed by atoms with van der Waals surface area (Å²) in [6.07, 6.45) is -3.49. The third-order valence-electron chi connectivity index (χ3n) is 5.12. The quantitative estimate of drug-likeness (QED) is 0.504. The highest BCUT2D eigenvalue weighted by molar-refractivity contribution is 6.08. The summed E-state index contributed by atoms with van der Waals surface area (Å²) in [7, 11) is 0. The van der Waals surface area contributed by atoms with Gasteiger partial charge in [0.25, 0.3) is 11.8 Å². The molecule has 3 aromatic rings. The highest BCUT2D eigenvalue weighted by atomic mass is 19.4. The molecule has 172 valence electrons. The van der Waals surface area contributed by atoms with Crippen LogP contribution in [0.3, 0.4) is 0 Å². The van der Waals surface area contributed by atoms with Gasteiger partial charge in [-0.2, -0.15) is 13.2 Å². The lowest BCUT2D eigenvalue weighted by molar-refractivity contribution is -0.138. The van der Waals surface area contributed by atoms with Crippen LogP contribution in [-0.2, 0) is 6.18 Å². The summed E-state index contributed by atoms with van der Waals surface area (Å²) in [5.41, 5.74) is 4.12. The first-order valence-corrected chi connectivity index (χ1v) is 9.61. The second-order valence-electron chi connectivity index (χ2n) is 7.25. The van der Waals surface area contributed by atoms with Gasteiger partial charge < -0.3 is 15.8 Å². The molecule has 0 saturated heterocycles. The first-order chi connectivity index (χ1) is 15.4. The van der Waals surface area contributed by atoms with E-state index in [0.717, 1.165) is 25.1 Å². The van der Waals surface area contributed by atoms with E-state index in [9.17, 15) is 27.2 Å². The summed E-state index contributed by atoms with van der Waals surface area (Å²) in [6.45, 7) is 4.27. The zero-order valence-corrected chi connectivity index (χ0v) is 17.8. The molecule has 0 aliphatic heterocycles. The molecule has 0 fully saturated rings. The highest BCUT2D eigenvalue weighted by Crippen LogP contribution is 2.39. The van der Waals surface area contributed by atoms with Crippen molar-refractivity contribution in [3.8, 4) is 11.5 Å². The van der Waals surface area contributed by atoms with Crippen LogP contribution in [0.4, 0.5) is 23.2 Å². The van der Waals surface area contributed by atoms with E-state index < -0.39 is 29.4 Å². The smallest absolute Gasteiger partial charge is 0.416 e. The Morgan fingerprint density at radius 2 is 1.64 bits per heavy atom. The molecule has 0 aliphatic carbocycles. The van der Waals surface area contributed by atoms with E-state index >= 15 is 0 Å². The van der Waals surface area contributed by atoms with Gasteiger partial charge in [-0.3, -0.25) is 14.6 Å². The fourth-order valence-corrected chi connectivity index (χ4v) is 3.19. The molecule has 2 aromatic carbocycles. The number of hydrogen-bond acceptors (Lipinski definition) is 4. The third-order valence-corrected chi connectivity index (χ3v) is 5.12. The predicted molar refractivity (Wildman–Crippen MR) is 113 cm³/mol. The largest absolute Gasteiger partial charge is 0.456 e. The van der Waals surface area contributed by atoms with E-state index in [1.807, 2.05) is 0 Å². The van der Waals surface area contributed by atoms with Crippen molar-refractivity contribution in [1.82, 2.24) is 4.98 Å². The number of amides is 2. The Kier molecular flexibility index (Phi) is 6.39. The summed E-state index contributed by atoms with van der Waals surface area (Å²) in [5.74, 6) is -2.19. The molecule has 3 N–H and O–H groups in total. The van der Waals surface area contributed by atoms with Gasteiger partial charge in [-0.05, 0) is 73.9 Å². The van der Waals surface area contributed by atoms with Gasteiger partial charge in [0.05, 0.1) is 11.1 Å². The Hall–Kier alpha value is -3.95. The van der Waals surface area contributed by atoms with Crippen LogP contribution in [0.1, 0.15) is 43.1 Å². The average molecular weight is 461 g/mol. The number of carbonyl (C=O) groups is 2. The van der Waals surface area contributed by atoms with E-state index in [2.05, 4.69) is 10.3 Å². The Labute approximate surface area is 186 Å². The molecule has 0 saturated carbocycles. The minimum Gasteiger partial charge on any atom is -0.456 e. The molecule has 3 rings (SSSR count). The van der Waals surface area contributed by atoms with Gasteiger partial charge in [0.2, 0.25) is 0 Å². The summed E-state index contributed by atoms with van der Waals surface area (Å²) < 4.78 is 60.1. The van der Waals surface area contributed by atoms with Gasteiger partial charge in [0.15, 0.2) is 0 Å². The second-order valence-corrected chi connectivity index (χ2v) is 7.25. The molecule has 0 bridgehead atoms. The average Bonchev–Trinajstić information content (AvgIpc) is 2.73. The number of nitrogens with one attached hydrogen (secondary N) is 1. The first kappa shape index (κ1) is 23.7. The number of halogens is 4. The standard InChI is InChI=1S/C23H19F4N3O3/c1-11-12(2)18(7-5-16(11)24)33-19-6-4-15(23(25,26)27)13(3)20(19)22(32)30-14-8-9-29-17(10-14)21(28)31/h4-10H,1-3H3,(H2,28,31)(H,29,30,32). The van der Waals surface area contributed by atoms with Crippen LogP contribution < -0.4 is 15.8 Å². The lowest BCUT2D eigenvalue weighted by Crippen LogP contribution is -2.19. The number of nitrogens with two attached hydrogens (primary N) is 1. The Morgan fingerprint density at radius 3 is 2.27 bits per heavy atom. The van der Waals surface area contributed by atoms with Crippen LogP contribution in [0.25, 0.3) is 0 Å². The SMILES string of the molecule is Cc1c(F)ccc(Oc2ccc(C(F)(F)F)c(C)c2C(=O)Nc2ccnc(C(N)=O)c2)c1C. The zero-order chi connectivity index (χ0) is 24.5. The number of carbonyl (C=O) groups excluding carboxylic acids is 2. The number of rotatable bonds is 5. The summed E-state index contributed by atoms with van der Waals surface area (Å²) in [4.78, 5) is 28.1. The topological polar surface area (TPSA) is 94.3 Å². The van der Waals surface area contributed by atoms with Crippen LogP contribution in [-0.4, -0.2) is 16.8 Å². The molecule has 0 spiro atoms. The van der Waals surface area contributed by atoms with Crippen molar-refractivity contribution in [3.05, 3.63) is 81.9 Å². The maximum atomic E-state index is 13.8. The van der Waals surface area contributed by atoms with Gasteiger partial charge >= 0.3 is 6.18 Å². The molecule has 1 aromatic heterocycles. The molecule has 2 amide bonds. The molecule has 33 heavy (non-hydrogen) atoms. The van der Waals surface area contributed by atoms with E-state index in [1.54, 1.807) is 6.92 Å². The first-order valence-electron chi connectivity index (χ1n) is 9.61. The number of ether oxygens (including phenoxy) is 1. The number of nitrogens with zero attached hydrogens (tertiary/aromatic N) is 1. The predicted octanol–water partition coefficient (Wildman–Crippen LogP) is 5.31. The van der Waals surface area contributed by atoms with Gasteiger partial charge in [-0.15, -0.1) is 0 Å². The van der Waals surface area contributed by atoms with Crippen LogP contribution in [0, 0.1) is 26.6 Å². The number of primary amides is 1. The van der Waals surface area contributed by atoms with Crippen molar-refractivity contribution >= 4 is 17.5 Å². The molecule has 1 heterocycles. The highest BCUT2D eigenvalue weighted by Gasteiger charge is 2.35. The maximum Gasteiger partial charge on any atom is 0.416 e. The van der Waals surface area contributed by atoms with E-state index in [0.29, 0.717) is 11.1 Å². The maximum absolute atomic E-state index is 13.8. The molecule has 6 nitrogen and oxygen atoms in total. The van der Waals surface area contributed by atoms with Crippen molar-refractivity contribution in [2.75, 3.05) is 5.32 Å². The van der Waals surface area contributed by atoms with Crippen molar-refractivity contribution in [2.45, 2.75) is 26.9 Å². The molecule has 0 aliphatic rings. The van der Waals surface area contributed by atoms with Crippen LogP contribution in [0.5, 0.6) is 11.5 Å². The van der Waals surface area contributed by atoms with Crippen LogP contribution in [0.15, 0.2) is 42.6 Å². The summed E-state index contributed by atoms with van der Waals surface area (Å²) in [6, 6.07) is 6.87. The van der Waals surface area contributed by atoms with Crippen LogP contribution in [0.2, 0.25) is 0 Å². The normalized spacial score (nSPS) is 11.2. The van der Waals surface area contributed by atoms with Gasteiger partial charge in [-0.25, -0.2) is 4.39 Å².